The van der Waals surface area contributed by atoms with E-state index in [4.69, 9.17) is 4.42 Å². The molecule has 0 saturated carbocycles. The van der Waals surface area contributed by atoms with Crippen molar-refractivity contribution in [1.29, 1.82) is 0 Å². The van der Waals surface area contributed by atoms with Gasteiger partial charge in [-0.05, 0) is 92.9 Å². The van der Waals surface area contributed by atoms with Crippen molar-refractivity contribution in [2.45, 2.75) is 44.6 Å². The molecule has 5 nitrogen and oxygen atoms in total. The van der Waals surface area contributed by atoms with Crippen LogP contribution in [0.5, 0.6) is 0 Å². The summed E-state index contributed by atoms with van der Waals surface area (Å²) >= 11 is 3.21. The predicted molar refractivity (Wildman–Crippen MR) is 98.2 cm³/mol. The Bertz CT molecular complexity index is 520. The molecule has 2 saturated heterocycles. The molecule has 3 rings (SSSR count). The van der Waals surface area contributed by atoms with Gasteiger partial charge in [-0.2, -0.15) is 0 Å². The monoisotopic (exact) mass is 397 g/mol. The minimum Gasteiger partial charge on any atom is -0.444 e. The summed E-state index contributed by atoms with van der Waals surface area (Å²) in [5.74, 6) is 0.230. The number of carbonyl (C=O) groups excluding carboxylic acids is 1. The number of nitrogens with zero attached hydrogens (tertiary/aromatic N) is 2. The zero-order chi connectivity index (χ0) is 16.8. The maximum absolute atomic E-state index is 11.9. The SMILES string of the molecule is O=C(NCCCN1CCC(N2CCCCC2)CC1)c1ccc(Br)o1. The van der Waals surface area contributed by atoms with Gasteiger partial charge in [-0.15, -0.1) is 0 Å². The lowest BCUT2D eigenvalue weighted by Gasteiger charge is -2.40. The van der Waals surface area contributed by atoms with Crippen molar-refractivity contribution in [2.75, 3.05) is 39.3 Å². The highest BCUT2D eigenvalue weighted by Crippen LogP contribution is 2.20. The molecular weight excluding hydrogens is 370 g/mol. The third kappa shape index (κ3) is 5.07. The summed E-state index contributed by atoms with van der Waals surface area (Å²) in [6.07, 6.45) is 7.76. The number of nitrogens with one attached hydrogen (secondary N) is 1. The van der Waals surface area contributed by atoms with Crippen LogP contribution < -0.4 is 5.32 Å². The number of rotatable bonds is 6. The molecule has 1 aromatic rings. The van der Waals surface area contributed by atoms with Crippen LogP contribution >= 0.6 is 15.9 Å². The van der Waals surface area contributed by atoms with Gasteiger partial charge in [0, 0.05) is 12.6 Å². The van der Waals surface area contributed by atoms with Gasteiger partial charge in [0.05, 0.1) is 0 Å². The van der Waals surface area contributed by atoms with Crippen LogP contribution in [0.4, 0.5) is 0 Å². The molecule has 0 aromatic carbocycles. The van der Waals surface area contributed by atoms with Gasteiger partial charge in [-0.25, -0.2) is 0 Å². The molecule has 0 spiro atoms. The third-order valence-electron chi connectivity index (χ3n) is 5.20. The molecule has 0 bridgehead atoms. The average molecular weight is 398 g/mol. The van der Waals surface area contributed by atoms with Gasteiger partial charge >= 0.3 is 0 Å². The minimum absolute atomic E-state index is 0.135. The second kappa shape index (κ2) is 9.02. The second-order valence-electron chi connectivity index (χ2n) is 6.88. The lowest BCUT2D eigenvalue weighted by molar-refractivity contribution is 0.0891. The molecule has 1 amide bonds. The Morgan fingerprint density at radius 3 is 2.58 bits per heavy atom. The lowest BCUT2D eigenvalue weighted by Crippen LogP contribution is -2.47. The van der Waals surface area contributed by atoms with Gasteiger partial charge in [0.15, 0.2) is 10.4 Å². The first-order chi connectivity index (χ1) is 11.7. The van der Waals surface area contributed by atoms with E-state index in [2.05, 4.69) is 31.0 Å². The smallest absolute Gasteiger partial charge is 0.287 e. The fraction of sp³-hybridized carbons (Fsp3) is 0.722. The lowest BCUT2D eigenvalue weighted by atomic mass is 10.00. The van der Waals surface area contributed by atoms with Crippen molar-refractivity contribution >= 4 is 21.8 Å². The first-order valence-electron chi connectivity index (χ1n) is 9.22. The van der Waals surface area contributed by atoms with E-state index in [1.165, 1.54) is 58.3 Å². The Morgan fingerprint density at radius 2 is 1.92 bits per heavy atom. The predicted octanol–water partition coefficient (Wildman–Crippen LogP) is 3.11. The van der Waals surface area contributed by atoms with Gasteiger partial charge in [-0.3, -0.25) is 4.79 Å². The summed E-state index contributed by atoms with van der Waals surface area (Å²) in [4.78, 5) is 17.1. The summed E-state index contributed by atoms with van der Waals surface area (Å²) in [6.45, 7) is 6.76. The van der Waals surface area contributed by atoms with E-state index >= 15 is 0 Å². The molecule has 0 radical (unpaired) electrons. The highest BCUT2D eigenvalue weighted by molar-refractivity contribution is 9.10. The number of halogens is 1. The van der Waals surface area contributed by atoms with Crippen molar-refractivity contribution in [3.8, 4) is 0 Å². The number of furan rings is 1. The molecule has 24 heavy (non-hydrogen) atoms. The van der Waals surface area contributed by atoms with Gasteiger partial charge in [0.2, 0.25) is 0 Å². The zero-order valence-corrected chi connectivity index (χ0v) is 15.9. The Balaban J connectivity index is 1.29. The Hall–Kier alpha value is -0.850. The maximum Gasteiger partial charge on any atom is 0.287 e. The minimum atomic E-state index is -0.135. The van der Waals surface area contributed by atoms with Gasteiger partial charge in [-0.1, -0.05) is 6.42 Å². The summed E-state index contributed by atoms with van der Waals surface area (Å²) in [7, 11) is 0. The number of hydrogen-bond acceptors (Lipinski definition) is 4. The average Bonchev–Trinajstić information content (AvgIpc) is 3.06. The summed E-state index contributed by atoms with van der Waals surface area (Å²) < 4.78 is 5.84. The molecule has 1 N–H and O–H groups in total. The third-order valence-corrected chi connectivity index (χ3v) is 5.62. The fourth-order valence-corrected chi connectivity index (χ4v) is 4.13. The molecule has 0 atom stereocenters. The molecule has 1 aromatic heterocycles. The maximum atomic E-state index is 11.9. The van der Waals surface area contributed by atoms with Crippen LogP contribution in [0.2, 0.25) is 0 Å². The normalized spacial score (nSPS) is 21.0. The van der Waals surface area contributed by atoms with E-state index in [0.717, 1.165) is 19.0 Å². The van der Waals surface area contributed by atoms with Crippen LogP contribution in [-0.2, 0) is 0 Å². The highest BCUT2D eigenvalue weighted by atomic mass is 79.9. The fourth-order valence-electron chi connectivity index (χ4n) is 3.82. The summed E-state index contributed by atoms with van der Waals surface area (Å²) in [6, 6.07) is 4.23. The van der Waals surface area contributed by atoms with Crippen LogP contribution in [0.1, 0.15) is 49.1 Å². The molecule has 6 heteroatoms. The summed E-state index contributed by atoms with van der Waals surface area (Å²) in [5.41, 5.74) is 0. The molecule has 2 aliphatic rings. The molecule has 0 aliphatic carbocycles. The zero-order valence-electron chi connectivity index (χ0n) is 14.3. The molecule has 3 heterocycles. The molecule has 0 unspecified atom stereocenters. The Morgan fingerprint density at radius 1 is 1.17 bits per heavy atom. The van der Waals surface area contributed by atoms with Crippen LogP contribution in [0.3, 0.4) is 0 Å². The first-order valence-corrected chi connectivity index (χ1v) is 10.0. The number of carbonyl (C=O) groups is 1. The quantitative estimate of drug-likeness (QED) is 0.749. The Kier molecular flexibility index (Phi) is 6.75. The van der Waals surface area contributed by atoms with E-state index in [1.54, 1.807) is 12.1 Å². The topological polar surface area (TPSA) is 48.7 Å². The number of likely N-dealkylation sites (tertiary alicyclic amines) is 2. The molecule has 2 fully saturated rings. The van der Waals surface area contributed by atoms with E-state index in [0.29, 0.717) is 17.0 Å². The largest absolute Gasteiger partial charge is 0.444 e. The standard InChI is InChI=1S/C18H28BrN3O2/c19-17-6-5-16(24-17)18(23)20-9-4-10-21-13-7-15(8-14-21)22-11-2-1-3-12-22/h5-6,15H,1-4,7-14H2,(H,20,23). The summed E-state index contributed by atoms with van der Waals surface area (Å²) in [5, 5.41) is 2.92. The first kappa shape index (κ1) is 18.0. The van der Waals surface area contributed by atoms with Gasteiger partial charge in [0.25, 0.3) is 5.91 Å². The highest BCUT2D eigenvalue weighted by Gasteiger charge is 2.25. The van der Waals surface area contributed by atoms with E-state index in [1.807, 2.05) is 0 Å². The van der Waals surface area contributed by atoms with E-state index in [9.17, 15) is 4.79 Å². The van der Waals surface area contributed by atoms with Crippen LogP contribution in [-0.4, -0.2) is 61.0 Å². The van der Waals surface area contributed by atoms with Crippen molar-refractivity contribution in [1.82, 2.24) is 15.1 Å². The van der Waals surface area contributed by atoms with E-state index in [-0.39, 0.29) is 5.91 Å². The van der Waals surface area contributed by atoms with Crippen molar-refractivity contribution in [2.24, 2.45) is 0 Å². The van der Waals surface area contributed by atoms with Crippen LogP contribution in [0, 0.1) is 0 Å². The number of hydrogen-bond donors (Lipinski definition) is 1. The van der Waals surface area contributed by atoms with Gasteiger partial charge < -0.3 is 19.5 Å². The number of piperidine rings is 2. The van der Waals surface area contributed by atoms with Gasteiger partial charge in [0.1, 0.15) is 0 Å². The Labute approximate surface area is 152 Å². The van der Waals surface area contributed by atoms with Crippen molar-refractivity contribution < 1.29 is 9.21 Å². The van der Waals surface area contributed by atoms with Crippen LogP contribution in [0.25, 0.3) is 0 Å². The second-order valence-corrected chi connectivity index (χ2v) is 7.66. The van der Waals surface area contributed by atoms with E-state index < -0.39 is 0 Å². The molecule has 134 valence electrons. The molecule has 2 aliphatic heterocycles. The molecular formula is C18H28BrN3O2. The number of amides is 1. The van der Waals surface area contributed by atoms with Crippen LogP contribution in [0.15, 0.2) is 21.2 Å². The van der Waals surface area contributed by atoms with Crippen molar-refractivity contribution in [3.05, 3.63) is 22.6 Å². The van der Waals surface area contributed by atoms with Crippen molar-refractivity contribution in [3.63, 3.8) is 0 Å².